The molecule has 1 aliphatic heterocycles. The van der Waals surface area contributed by atoms with Crippen LogP contribution in [0.2, 0.25) is 0 Å². The van der Waals surface area contributed by atoms with E-state index in [1.807, 2.05) is 0 Å². The van der Waals surface area contributed by atoms with Crippen molar-refractivity contribution in [3.05, 3.63) is 64.0 Å². The number of halogens is 5. The lowest BCUT2D eigenvalue weighted by molar-refractivity contribution is 0.0934. The molecule has 0 bridgehead atoms. The summed E-state index contributed by atoms with van der Waals surface area (Å²) in [7, 11) is 0. The lowest BCUT2D eigenvalue weighted by Crippen LogP contribution is -2.40. The van der Waals surface area contributed by atoms with Gasteiger partial charge in [0.25, 0.3) is 5.91 Å². The van der Waals surface area contributed by atoms with Crippen LogP contribution in [0.1, 0.15) is 27.7 Å². The van der Waals surface area contributed by atoms with Crippen molar-refractivity contribution in [1.29, 1.82) is 0 Å². The van der Waals surface area contributed by atoms with Crippen molar-refractivity contribution in [2.45, 2.75) is 13.1 Å². The number of anilines is 1. The summed E-state index contributed by atoms with van der Waals surface area (Å²) in [4.78, 5) is 12.0. The molecular weight excluding hydrogens is 319 g/mol. The van der Waals surface area contributed by atoms with Gasteiger partial charge >= 0.3 is 0 Å². The van der Waals surface area contributed by atoms with Crippen LogP contribution in [0.5, 0.6) is 0 Å². The minimum atomic E-state index is -2.25. The van der Waals surface area contributed by atoms with Gasteiger partial charge < -0.3 is 10.6 Å². The monoisotopic (exact) mass is 328 g/mol. The van der Waals surface area contributed by atoms with Gasteiger partial charge in [0.15, 0.2) is 23.3 Å². The summed E-state index contributed by atoms with van der Waals surface area (Å²) in [6.45, 7) is 1.64. The molecule has 0 radical (unpaired) electrons. The Labute approximate surface area is 127 Å². The first-order valence-corrected chi connectivity index (χ1v) is 6.51. The molecule has 0 saturated carbocycles. The third kappa shape index (κ3) is 2.21. The fraction of sp³-hybridized carbons (Fsp3) is 0.133. The first-order chi connectivity index (χ1) is 10.8. The summed E-state index contributed by atoms with van der Waals surface area (Å²) in [6.07, 6.45) is -1.58. The number of aryl methyl sites for hydroxylation is 1. The molecule has 8 heteroatoms. The van der Waals surface area contributed by atoms with Crippen molar-refractivity contribution in [3.8, 4) is 0 Å². The van der Waals surface area contributed by atoms with E-state index in [9.17, 15) is 26.7 Å². The number of rotatable bonds is 1. The largest absolute Gasteiger partial charge is 0.361 e. The molecule has 1 atom stereocenters. The van der Waals surface area contributed by atoms with Crippen molar-refractivity contribution in [2.75, 3.05) is 5.32 Å². The lowest BCUT2D eigenvalue weighted by atomic mass is 10.0. The molecule has 0 spiro atoms. The van der Waals surface area contributed by atoms with Crippen LogP contribution in [0.3, 0.4) is 0 Å². The number of hydrogen-bond donors (Lipinski definition) is 2. The quantitative estimate of drug-likeness (QED) is 0.478. The molecule has 3 rings (SSSR count). The van der Waals surface area contributed by atoms with Gasteiger partial charge in [0.05, 0.1) is 16.8 Å². The Morgan fingerprint density at radius 2 is 1.43 bits per heavy atom. The van der Waals surface area contributed by atoms with E-state index in [0.717, 1.165) is 0 Å². The Balaban J connectivity index is 2.16. The second-order valence-electron chi connectivity index (χ2n) is 5.03. The number of hydrogen-bond acceptors (Lipinski definition) is 2. The standard InChI is InChI=1S/C15H9F5N2O/c1-5-3-2-4-6-13(5)21-14(22-15(6)23)7-8(16)10(18)12(20)11(19)9(7)17/h2-4,14,21H,1H3,(H,22,23). The zero-order chi connectivity index (χ0) is 16.9. The second-order valence-corrected chi connectivity index (χ2v) is 5.03. The average Bonchev–Trinajstić information content (AvgIpc) is 2.52. The van der Waals surface area contributed by atoms with Crippen molar-refractivity contribution in [2.24, 2.45) is 0 Å². The van der Waals surface area contributed by atoms with Crippen LogP contribution in [0, 0.1) is 36.0 Å². The van der Waals surface area contributed by atoms with Gasteiger partial charge in [0, 0.05) is 0 Å². The summed E-state index contributed by atoms with van der Waals surface area (Å²) in [6, 6.07) is 4.72. The number of fused-ring (bicyclic) bond motifs is 1. The van der Waals surface area contributed by atoms with Gasteiger partial charge in [0.2, 0.25) is 5.82 Å². The van der Waals surface area contributed by atoms with Crippen LogP contribution in [-0.2, 0) is 0 Å². The molecule has 1 amide bonds. The Kier molecular flexibility index (Phi) is 3.46. The Morgan fingerprint density at radius 1 is 0.870 bits per heavy atom. The van der Waals surface area contributed by atoms with Crippen LogP contribution >= 0.6 is 0 Å². The van der Waals surface area contributed by atoms with Crippen molar-refractivity contribution >= 4 is 11.6 Å². The number of carbonyl (C=O) groups excluding carboxylic acids is 1. The number of para-hydroxylation sites is 1. The van der Waals surface area contributed by atoms with E-state index in [1.54, 1.807) is 19.1 Å². The van der Waals surface area contributed by atoms with Gasteiger partial charge in [-0.1, -0.05) is 12.1 Å². The molecular formula is C15H9F5N2O. The third-order valence-corrected chi connectivity index (χ3v) is 3.61. The molecule has 23 heavy (non-hydrogen) atoms. The van der Waals surface area contributed by atoms with Gasteiger partial charge in [0.1, 0.15) is 6.17 Å². The van der Waals surface area contributed by atoms with Crippen molar-refractivity contribution in [3.63, 3.8) is 0 Å². The predicted molar refractivity (Wildman–Crippen MR) is 71.2 cm³/mol. The zero-order valence-electron chi connectivity index (χ0n) is 11.6. The van der Waals surface area contributed by atoms with Gasteiger partial charge in [-0.3, -0.25) is 4.79 Å². The van der Waals surface area contributed by atoms with Gasteiger partial charge in [-0.2, -0.15) is 0 Å². The van der Waals surface area contributed by atoms with Crippen LogP contribution in [0.4, 0.5) is 27.6 Å². The van der Waals surface area contributed by atoms with Gasteiger partial charge in [-0.25, -0.2) is 22.0 Å². The summed E-state index contributed by atoms with van der Waals surface area (Å²) in [5.41, 5.74) is -0.0646. The summed E-state index contributed by atoms with van der Waals surface area (Å²) >= 11 is 0. The SMILES string of the molecule is Cc1cccc2c1NC(c1c(F)c(F)c(F)c(F)c1F)NC2=O. The smallest absolute Gasteiger partial charge is 0.255 e. The minimum Gasteiger partial charge on any atom is -0.361 e. The molecule has 2 aromatic rings. The normalized spacial score (nSPS) is 16.6. The molecule has 2 N–H and O–H groups in total. The maximum Gasteiger partial charge on any atom is 0.255 e. The Bertz CT molecular complexity index is 808. The van der Waals surface area contributed by atoms with E-state index < -0.39 is 46.7 Å². The van der Waals surface area contributed by atoms with Crippen molar-refractivity contribution in [1.82, 2.24) is 5.32 Å². The molecule has 0 aromatic heterocycles. The Hall–Kier alpha value is -2.64. The highest BCUT2D eigenvalue weighted by Gasteiger charge is 2.34. The highest BCUT2D eigenvalue weighted by molar-refractivity contribution is 6.02. The molecule has 2 aromatic carbocycles. The molecule has 0 aliphatic carbocycles. The molecule has 1 unspecified atom stereocenters. The number of amides is 1. The first kappa shape index (κ1) is 15.3. The van der Waals surface area contributed by atoms with E-state index in [-0.39, 0.29) is 11.3 Å². The lowest BCUT2D eigenvalue weighted by Gasteiger charge is -2.29. The second kappa shape index (κ2) is 5.22. The van der Waals surface area contributed by atoms with Crippen LogP contribution in [-0.4, -0.2) is 5.91 Å². The first-order valence-electron chi connectivity index (χ1n) is 6.51. The van der Waals surface area contributed by atoms with Crippen LogP contribution < -0.4 is 10.6 Å². The van der Waals surface area contributed by atoms with E-state index in [2.05, 4.69) is 10.6 Å². The highest BCUT2D eigenvalue weighted by Crippen LogP contribution is 2.33. The van der Waals surface area contributed by atoms with Crippen molar-refractivity contribution < 1.29 is 26.7 Å². The topological polar surface area (TPSA) is 41.1 Å². The molecule has 120 valence electrons. The fourth-order valence-corrected chi connectivity index (χ4v) is 2.46. The fourth-order valence-electron chi connectivity index (χ4n) is 2.46. The van der Waals surface area contributed by atoms with Gasteiger partial charge in [-0.15, -0.1) is 0 Å². The average molecular weight is 328 g/mol. The number of carbonyl (C=O) groups is 1. The maximum absolute atomic E-state index is 13.9. The van der Waals surface area contributed by atoms with Crippen LogP contribution in [0.15, 0.2) is 18.2 Å². The summed E-state index contributed by atoms with van der Waals surface area (Å²) in [5.74, 6) is -11.0. The predicted octanol–water partition coefficient (Wildman–Crippen LogP) is 3.54. The third-order valence-electron chi connectivity index (χ3n) is 3.61. The van der Waals surface area contributed by atoms with E-state index in [0.29, 0.717) is 5.56 Å². The van der Waals surface area contributed by atoms with E-state index >= 15 is 0 Å². The molecule has 0 saturated heterocycles. The minimum absolute atomic E-state index is 0.213. The summed E-state index contributed by atoms with van der Waals surface area (Å²) < 4.78 is 67.5. The number of benzene rings is 2. The van der Waals surface area contributed by atoms with Gasteiger partial charge in [-0.05, 0) is 18.6 Å². The van der Waals surface area contributed by atoms with E-state index in [1.165, 1.54) is 6.07 Å². The number of nitrogens with one attached hydrogen (secondary N) is 2. The maximum atomic E-state index is 13.9. The summed E-state index contributed by atoms with van der Waals surface area (Å²) in [5, 5.41) is 4.79. The molecule has 1 heterocycles. The highest BCUT2D eigenvalue weighted by atomic mass is 19.2. The van der Waals surface area contributed by atoms with E-state index in [4.69, 9.17) is 0 Å². The zero-order valence-corrected chi connectivity index (χ0v) is 11.6. The molecule has 1 aliphatic rings. The molecule has 0 fully saturated rings. The van der Waals surface area contributed by atoms with Crippen LogP contribution in [0.25, 0.3) is 0 Å². The molecule has 3 nitrogen and oxygen atoms in total. The Morgan fingerprint density at radius 3 is 2.04 bits per heavy atom.